The quantitative estimate of drug-likeness (QED) is 0.197. The van der Waals surface area contributed by atoms with Crippen molar-refractivity contribution in [1.82, 2.24) is 9.88 Å². The summed E-state index contributed by atoms with van der Waals surface area (Å²) < 4.78 is 6.82. The van der Waals surface area contributed by atoms with E-state index in [1.54, 1.807) is 60.9 Å². The smallest absolute Gasteiger partial charge is 0.296 e. The molecule has 1 aliphatic heterocycles. The van der Waals surface area contributed by atoms with Gasteiger partial charge in [-0.25, -0.2) is 0 Å². The highest BCUT2D eigenvalue weighted by Crippen LogP contribution is 2.32. The fourth-order valence-corrected chi connectivity index (χ4v) is 4.18. The summed E-state index contributed by atoms with van der Waals surface area (Å²) in [5.74, 6) is -0.802. The van der Waals surface area contributed by atoms with Crippen LogP contribution in [-0.2, 0) is 9.59 Å². The van der Waals surface area contributed by atoms with Gasteiger partial charge in [0.05, 0.1) is 23.8 Å². The van der Waals surface area contributed by atoms with Crippen LogP contribution in [0, 0.1) is 24.0 Å². The standard InChI is InChI=1S/C24H20N4O5S/c1-14-11-16(15(2)26(14)20-10-9-18(33-3)13-21(20)28(31)32)12-19-22(29)25-24(34)27(23(19)30)17-7-5-4-6-8-17/h4-13H,1-3H3,(H,25,29,34)/b19-12-. The normalized spacial score (nSPS) is 15.0. The number of aryl methyl sites for hydroxylation is 1. The molecule has 0 bridgehead atoms. The number of para-hydroxylation sites is 1. The van der Waals surface area contributed by atoms with Crippen LogP contribution in [0.15, 0.2) is 60.2 Å². The second kappa shape index (κ2) is 8.91. The van der Waals surface area contributed by atoms with Crippen LogP contribution in [0.1, 0.15) is 17.0 Å². The zero-order valence-corrected chi connectivity index (χ0v) is 19.4. The summed E-state index contributed by atoms with van der Waals surface area (Å²) >= 11 is 5.22. The van der Waals surface area contributed by atoms with Crippen LogP contribution in [0.4, 0.5) is 11.4 Å². The summed E-state index contributed by atoms with van der Waals surface area (Å²) in [6.07, 6.45) is 1.48. The minimum absolute atomic E-state index is 0.00215. The molecule has 2 amide bonds. The number of benzene rings is 2. The number of nitro benzene ring substituents is 1. The van der Waals surface area contributed by atoms with Crippen LogP contribution < -0.4 is 15.0 Å². The fraction of sp³-hybridized carbons (Fsp3) is 0.125. The predicted octanol–water partition coefficient (Wildman–Crippen LogP) is 3.84. The molecule has 1 aromatic heterocycles. The van der Waals surface area contributed by atoms with Crippen molar-refractivity contribution >= 4 is 46.6 Å². The molecule has 4 rings (SSSR count). The Morgan fingerprint density at radius 1 is 1.09 bits per heavy atom. The molecule has 2 aromatic carbocycles. The Hall–Kier alpha value is -4.31. The highest BCUT2D eigenvalue weighted by atomic mass is 32.1. The summed E-state index contributed by atoms with van der Waals surface area (Å²) in [7, 11) is 1.44. The van der Waals surface area contributed by atoms with Gasteiger partial charge in [0.2, 0.25) is 0 Å². The first-order valence-corrected chi connectivity index (χ1v) is 10.6. The van der Waals surface area contributed by atoms with Gasteiger partial charge >= 0.3 is 0 Å². The van der Waals surface area contributed by atoms with Crippen LogP contribution in [0.3, 0.4) is 0 Å². The number of nitrogens with zero attached hydrogens (tertiary/aromatic N) is 3. The van der Waals surface area contributed by atoms with Gasteiger partial charge in [-0.2, -0.15) is 0 Å². The minimum Gasteiger partial charge on any atom is -0.496 e. The zero-order chi connectivity index (χ0) is 24.6. The first-order valence-electron chi connectivity index (χ1n) is 10.2. The number of thiocarbonyl (C=S) groups is 1. The van der Waals surface area contributed by atoms with Crippen LogP contribution in [0.2, 0.25) is 0 Å². The number of carbonyl (C=O) groups excluding carboxylic acids is 2. The SMILES string of the molecule is COc1ccc(-n2c(C)cc(/C=C3/C(=O)NC(=S)N(c4ccccc4)C3=O)c2C)c([N+](=O)[O-])c1. The molecule has 9 nitrogen and oxygen atoms in total. The van der Waals surface area contributed by atoms with E-state index < -0.39 is 16.7 Å². The average Bonchev–Trinajstić information content (AvgIpc) is 3.09. The largest absolute Gasteiger partial charge is 0.496 e. The number of nitrogens with one attached hydrogen (secondary N) is 1. The van der Waals surface area contributed by atoms with Gasteiger partial charge < -0.3 is 9.30 Å². The molecule has 0 aliphatic carbocycles. The third-order valence-corrected chi connectivity index (χ3v) is 5.79. The molecule has 0 unspecified atom stereocenters. The van der Waals surface area contributed by atoms with E-state index in [9.17, 15) is 19.7 Å². The summed E-state index contributed by atoms with van der Waals surface area (Å²) in [6.45, 7) is 3.55. The maximum absolute atomic E-state index is 13.2. The maximum atomic E-state index is 13.2. The van der Waals surface area contributed by atoms with Crippen LogP contribution in [0.5, 0.6) is 5.75 Å². The van der Waals surface area contributed by atoms with E-state index in [4.69, 9.17) is 17.0 Å². The van der Waals surface area contributed by atoms with E-state index in [2.05, 4.69) is 5.32 Å². The molecule has 1 saturated heterocycles. The molecule has 1 aliphatic rings. The lowest BCUT2D eigenvalue weighted by atomic mass is 10.1. The molecule has 0 spiro atoms. The molecule has 1 N–H and O–H groups in total. The van der Waals surface area contributed by atoms with Crippen molar-refractivity contribution in [2.24, 2.45) is 0 Å². The monoisotopic (exact) mass is 476 g/mol. The molecule has 0 radical (unpaired) electrons. The van der Waals surface area contributed by atoms with Crippen molar-refractivity contribution in [3.05, 3.63) is 87.2 Å². The van der Waals surface area contributed by atoms with Crippen LogP contribution in [-0.4, -0.2) is 33.5 Å². The summed E-state index contributed by atoms with van der Waals surface area (Å²) in [5.41, 5.74) is 2.53. The number of nitro groups is 1. The van der Waals surface area contributed by atoms with Crippen molar-refractivity contribution in [3.8, 4) is 11.4 Å². The van der Waals surface area contributed by atoms with Gasteiger partial charge in [-0.05, 0) is 68.0 Å². The molecule has 0 saturated carbocycles. The van der Waals surface area contributed by atoms with Gasteiger partial charge in [0.25, 0.3) is 17.5 Å². The molecule has 10 heteroatoms. The number of methoxy groups -OCH3 is 1. The lowest BCUT2D eigenvalue weighted by Gasteiger charge is -2.28. The molecular formula is C24H20N4O5S. The first kappa shape index (κ1) is 22.9. The van der Waals surface area contributed by atoms with E-state index in [-0.39, 0.29) is 16.4 Å². The molecular weight excluding hydrogens is 456 g/mol. The molecule has 2 heterocycles. The third kappa shape index (κ3) is 3.95. The highest BCUT2D eigenvalue weighted by molar-refractivity contribution is 7.80. The molecule has 34 heavy (non-hydrogen) atoms. The third-order valence-electron chi connectivity index (χ3n) is 5.51. The van der Waals surface area contributed by atoms with Crippen molar-refractivity contribution in [3.63, 3.8) is 0 Å². The molecule has 0 atom stereocenters. The van der Waals surface area contributed by atoms with E-state index in [1.807, 2.05) is 6.07 Å². The topological polar surface area (TPSA) is 107 Å². The predicted molar refractivity (Wildman–Crippen MR) is 131 cm³/mol. The van der Waals surface area contributed by atoms with Crippen molar-refractivity contribution in [1.29, 1.82) is 0 Å². The van der Waals surface area contributed by atoms with Gasteiger partial charge in [0.1, 0.15) is 17.0 Å². The van der Waals surface area contributed by atoms with Crippen LogP contribution in [0.25, 0.3) is 11.8 Å². The molecule has 172 valence electrons. The summed E-state index contributed by atoms with van der Waals surface area (Å²) in [4.78, 5) is 38.4. The number of rotatable bonds is 5. The Morgan fingerprint density at radius 3 is 2.44 bits per heavy atom. The number of anilines is 1. The lowest BCUT2D eigenvalue weighted by molar-refractivity contribution is -0.384. The lowest BCUT2D eigenvalue weighted by Crippen LogP contribution is -2.54. The van der Waals surface area contributed by atoms with Crippen LogP contribution >= 0.6 is 12.2 Å². The Balaban J connectivity index is 1.80. The minimum atomic E-state index is -0.609. The number of amides is 2. The second-order valence-corrected chi connectivity index (χ2v) is 7.95. The highest BCUT2D eigenvalue weighted by Gasteiger charge is 2.34. The molecule has 1 fully saturated rings. The van der Waals surface area contributed by atoms with Gasteiger partial charge in [-0.3, -0.25) is 29.9 Å². The summed E-state index contributed by atoms with van der Waals surface area (Å²) in [5, 5.41) is 14.3. The van der Waals surface area contributed by atoms with Crippen molar-refractivity contribution in [2.45, 2.75) is 13.8 Å². The number of carbonyl (C=O) groups is 2. The fourth-order valence-electron chi connectivity index (χ4n) is 3.89. The first-order chi connectivity index (χ1) is 16.2. The average molecular weight is 477 g/mol. The Kier molecular flexibility index (Phi) is 5.99. The number of ether oxygens (including phenoxy) is 1. The van der Waals surface area contributed by atoms with E-state index in [1.165, 1.54) is 24.2 Å². The molecule has 3 aromatic rings. The van der Waals surface area contributed by atoms with Gasteiger partial charge in [0.15, 0.2) is 5.11 Å². The zero-order valence-electron chi connectivity index (χ0n) is 18.6. The van der Waals surface area contributed by atoms with Crippen molar-refractivity contribution < 1.29 is 19.2 Å². The van der Waals surface area contributed by atoms with Gasteiger partial charge in [-0.1, -0.05) is 18.2 Å². The van der Waals surface area contributed by atoms with Gasteiger partial charge in [0, 0.05) is 11.4 Å². The Labute approximate surface area is 200 Å². The second-order valence-electron chi connectivity index (χ2n) is 7.57. The Bertz CT molecular complexity index is 1380. The Morgan fingerprint density at radius 2 is 1.79 bits per heavy atom. The number of aromatic nitrogens is 1. The summed E-state index contributed by atoms with van der Waals surface area (Å²) in [6, 6.07) is 15.1. The van der Waals surface area contributed by atoms with E-state index in [0.29, 0.717) is 34.1 Å². The number of hydrogen-bond acceptors (Lipinski definition) is 6. The maximum Gasteiger partial charge on any atom is 0.296 e. The van der Waals surface area contributed by atoms with E-state index in [0.717, 1.165) is 0 Å². The number of hydrogen-bond donors (Lipinski definition) is 1. The van der Waals surface area contributed by atoms with E-state index >= 15 is 0 Å². The van der Waals surface area contributed by atoms with Gasteiger partial charge in [-0.15, -0.1) is 0 Å². The van der Waals surface area contributed by atoms with Crippen molar-refractivity contribution in [2.75, 3.05) is 12.0 Å².